The average molecular weight is 274 g/mol. The molecule has 0 fully saturated rings. The third-order valence-electron chi connectivity index (χ3n) is 2.78. The number of hydrogen-bond acceptors (Lipinski definition) is 6. The Morgan fingerprint density at radius 2 is 1.50 bits per heavy atom. The second-order valence-corrected chi connectivity index (χ2v) is 4.17. The Morgan fingerprint density at radius 1 is 0.700 bits per heavy atom. The summed E-state index contributed by atoms with van der Waals surface area (Å²) in [6.07, 6.45) is 0. The van der Waals surface area contributed by atoms with Crippen LogP contribution in [0.25, 0.3) is 5.76 Å². The molecule has 1 heterocycles. The maximum atomic E-state index is 9.82. The van der Waals surface area contributed by atoms with Crippen LogP contribution in [-0.2, 0) is 0 Å². The van der Waals surface area contributed by atoms with Crippen molar-refractivity contribution in [3.63, 3.8) is 0 Å². The number of benzene rings is 2. The van der Waals surface area contributed by atoms with Gasteiger partial charge in [-0.1, -0.05) is 0 Å². The zero-order valence-electron chi connectivity index (χ0n) is 10.1. The monoisotopic (exact) mass is 274 g/mol. The van der Waals surface area contributed by atoms with Crippen LogP contribution in [0.3, 0.4) is 0 Å². The number of fused-ring (bicyclic) bond motifs is 1. The summed E-state index contributed by atoms with van der Waals surface area (Å²) < 4.78 is 10.6. The van der Waals surface area contributed by atoms with E-state index in [4.69, 9.17) is 9.47 Å². The Morgan fingerprint density at radius 3 is 2.25 bits per heavy atom. The lowest BCUT2D eigenvalue weighted by atomic mass is 10.1. The highest BCUT2D eigenvalue weighted by molar-refractivity contribution is 5.68. The molecule has 3 rings (SSSR count). The van der Waals surface area contributed by atoms with Crippen molar-refractivity contribution in [2.45, 2.75) is 0 Å². The first kappa shape index (κ1) is 12.0. The molecule has 2 aromatic rings. The van der Waals surface area contributed by atoms with Crippen LogP contribution in [0.2, 0.25) is 0 Å². The van der Waals surface area contributed by atoms with Gasteiger partial charge in [-0.15, -0.1) is 0 Å². The topological polar surface area (TPSA) is 99.4 Å². The highest BCUT2D eigenvalue weighted by atomic mass is 16.6. The molecule has 4 N–H and O–H groups in total. The summed E-state index contributed by atoms with van der Waals surface area (Å²) in [5.41, 5.74) is 0.312. The van der Waals surface area contributed by atoms with Crippen molar-refractivity contribution in [3.05, 3.63) is 47.9 Å². The summed E-state index contributed by atoms with van der Waals surface area (Å²) in [5, 5.41) is 38.0. The van der Waals surface area contributed by atoms with Crippen LogP contribution >= 0.6 is 0 Å². The van der Waals surface area contributed by atoms with Gasteiger partial charge >= 0.3 is 5.95 Å². The molecule has 6 heteroatoms. The number of hydrogen-bond donors (Lipinski definition) is 4. The molecule has 0 aliphatic carbocycles. The van der Waals surface area contributed by atoms with Gasteiger partial charge in [0.05, 0.1) is 0 Å². The van der Waals surface area contributed by atoms with E-state index in [-0.39, 0.29) is 34.5 Å². The molecule has 0 amide bonds. The zero-order chi connectivity index (χ0) is 14.3. The lowest BCUT2D eigenvalue weighted by molar-refractivity contribution is 0.181. The number of ether oxygens (including phenoxy) is 2. The molecule has 0 spiro atoms. The molecule has 1 aliphatic heterocycles. The van der Waals surface area contributed by atoms with Gasteiger partial charge in [-0.05, 0) is 30.3 Å². The van der Waals surface area contributed by atoms with Crippen molar-refractivity contribution in [1.82, 2.24) is 0 Å². The maximum Gasteiger partial charge on any atom is 0.327 e. The smallest absolute Gasteiger partial charge is 0.327 e. The number of aromatic hydroxyl groups is 3. The lowest BCUT2D eigenvalue weighted by Crippen LogP contribution is -2.10. The van der Waals surface area contributed by atoms with Crippen LogP contribution in [0.15, 0.2) is 42.3 Å². The summed E-state index contributed by atoms with van der Waals surface area (Å²) in [5.74, 6) is -0.678. The van der Waals surface area contributed by atoms with Gasteiger partial charge in [-0.25, -0.2) is 0 Å². The first-order valence-corrected chi connectivity index (χ1v) is 5.69. The van der Waals surface area contributed by atoms with Gasteiger partial charge in [-0.3, -0.25) is 0 Å². The van der Waals surface area contributed by atoms with Gasteiger partial charge in [0.2, 0.25) is 5.76 Å². The molecular weight excluding hydrogens is 264 g/mol. The summed E-state index contributed by atoms with van der Waals surface area (Å²) in [7, 11) is 0. The molecule has 2 aromatic carbocycles. The van der Waals surface area contributed by atoms with Crippen molar-refractivity contribution >= 4 is 5.76 Å². The van der Waals surface area contributed by atoms with Crippen molar-refractivity contribution < 1.29 is 29.9 Å². The SMILES string of the molecule is OC1=C(c2ccc(O)c(O)c2)Oc2cc(O)ccc2O1. The summed E-state index contributed by atoms with van der Waals surface area (Å²) in [4.78, 5) is 0. The molecule has 0 bridgehead atoms. The Labute approximate surface area is 113 Å². The third-order valence-corrected chi connectivity index (χ3v) is 2.78. The fourth-order valence-electron chi connectivity index (χ4n) is 1.81. The van der Waals surface area contributed by atoms with E-state index in [1.165, 1.54) is 36.4 Å². The second-order valence-electron chi connectivity index (χ2n) is 4.17. The maximum absolute atomic E-state index is 9.82. The predicted octanol–water partition coefficient (Wildman–Crippen LogP) is 2.46. The van der Waals surface area contributed by atoms with Crippen LogP contribution in [-0.4, -0.2) is 20.4 Å². The number of phenolic OH excluding ortho intramolecular Hbond substituents is 3. The van der Waals surface area contributed by atoms with Crippen LogP contribution in [0.1, 0.15) is 5.56 Å². The van der Waals surface area contributed by atoms with Gasteiger partial charge in [0, 0.05) is 11.6 Å². The second kappa shape index (κ2) is 4.27. The highest BCUT2D eigenvalue weighted by Gasteiger charge is 2.23. The fraction of sp³-hybridized carbons (Fsp3) is 0. The predicted molar refractivity (Wildman–Crippen MR) is 68.7 cm³/mol. The number of rotatable bonds is 1. The third kappa shape index (κ3) is 1.93. The lowest BCUT2D eigenvalue weighted by Gasteiger charge is -2.20. The Balaban J connectivity index is 2.04. The molecule has 0 aromatic heterocycles. The van der Waals surface area contributed by atoms with E-state index in [1.807, 2.05) is 0 Å². The van der Waals surface area contributed by atoms with Crippen molar-refractivity contribution in [2.24, 2.45) is 0 Å². The number of phenols is 3. The molecule has 102 valence electrons. The normalized spacial score (nSPS) is 13.4. The molecule has 0 atom stereocenters. The molecule has 0 saturated carbocycles. The minimum Gasteiger partial charge on any atom is -0.508 e. The van der Waals surface area contributed by atoms with Crippen LogP contribution in [0.4, 0.5) is 0 Å². The number of aliphatic hydroxyl groups excluding tert-OH is 1. The van der Waals surface area contributed by atoms with E-state index in [1.54, 1.807) is 0 Å². The number of aliphatic hydroxyl groups is 1. The molecule has 0 saturated heterocycles. The molecule has 6 nitrogen and oxygen atoms in total. The van der Waals surface area contributed by atoms with Crippen molar-refractivity contribution in [2.75, 3.05) is 0 Å². The van der Waals surface area contributed by atoms with Gasteiger partial charge in [-0.2, -0.15) is 0 Å². The van der Waals surface area contributed by atoms with Crippen LogP contribution in [0.5, 0.6) is 28.7 Å². The van der Waals surface area contributed by atoms with Crippen LogP contribution in [0, 0.1) is 0 Å². The van der Waals surface area contributed by atoms with E-state index in [9.17, 15) is 20.4 Å². The fourth-order valence-corrected chi connectivity index (χ4v) is 1.81. The molecule has 20 heavy (non-hydrogen) atoms. The minimum atomic E-state index is -0.478. The van der Waals surface area contributed by atoms with Crippen LogP contribution < -0.4 is 9.47 Å². The van der Waals surface area contributed by atoms with E-state index in [0.29, 0.717) is 5.56 Å². The Kier molecular flexibility index (Phi) is 2.57. The van der Waals surface area contributed by atoms with E-state index in [2.05, 4.69) is 0 Å². The summed E-state index contributed by atoms with van der Waals surface area (Å²) in [6.45, 7) is 0. The van der Waals surface area contributed by atoms with Crippen molar-refractivity contribution in [3.8, 4) is 28.7 Å². The molecular formula is C14H10O6. The molecule has 1 aliphatic rings. The van der Waals surface area contributed by atoms with Crippen molar-refractivity contribution in [1.29, 1.82) is 0 Å². The summed E-state index contributed by atoms with van der Waals surface area (Å²) in [6, 6.07) is 8.10. The van der Waals surface area contributed by atoms with Gasteiger partial charge < -0.3 is 29.9 Å². The van der Waals surface area contributed by atoms with Gasteiger partial charge in [0.15, 0.2) is 23.0 Å². The van der Waals surface area contributed by atoms with E-state index in [0.717, 1.165) is 0 Å². The molecule has 0 radical (unpaired) electrons. The first-order valence-electron chi connectivity index (χ1n) is 5.69. The first-order chi connectivity index (χ1) is 9.54. The Hall–Kier alpha value is -3.02. The largest absolute Gasteiger partial charge is 0.508 e. The van der Waals surface area contributed by atoms with Gasteiger partial charge in [0.25, 0.3) is 0 Å². The standard InChI is InChI=1S/C14H10O6/c15-8-2-4-11-12(6-8)19-13(14(18)20-11)7-1-3-9(16)10(17)5-7/h1-6,15-18H. The quantitative estimate of drug-likeness (QED) is 0.596. The zero-order valence-corrected chi connectivity index (χ0v) is 10.1. The van der Waals surface area contributed by atoms with E-state index < -0.39 is 5.95 Å². The van der Waals surface area contributed by atoms with E-state index >= 15 is 0 Å². The van der Waals surface area contributed by atoms with Gasteiger partial charge in [0.1, 0.15) is 5.75 Å². The summed E-state index contributed by atoms with van der Waals surface area (Å²) >= 11 is 0. The average Bonchev–Trinajstić information content (AvgIpc) is 2.42. The Bertz CT molecular complexity index is 720. The highest BCUT2D eigenvalue weighted by Crippen LogP contribution is 2.40. The minimum absolute atomic E-state index is 0.0124. The molecule has 0 unspecified atom stereocenters.